The van der Waals surface area contributed by atoms with Crippen molar-refractivity contribution in [3.05, 3.63) is 35.6 Å². The Balaban J connectivity index is 2.09. The molecule has 0 radical (unpaired) electrons. The lowest BCUT2D eigenvalue weighted by Crippen LogP contribution is -2.50. The van der Waals surface area contributed by atoms with Crippen molar-refractivity contribution < 1.29 is 18.7 Å². The second-order valence-corrected chi connectivity index (χ2v) is 5.95. The van der Waals surface area contributed by atoms with E-state index in [1.54, 1.807) is 12.1 Å². The fraction of sp³-hybridized carbons (Fsp3) is 0.556. The van der Waals surface area contributed by atoms with Crippen LogP contribution in [-0.4, -0.2) is 56.2 Å². The maximum atomic E-state index is 13.2. The van der Waals surface area contributed by atoms with Crippen molar-refractivity contribution in [3.8, 4) is 0 Å². The second kappa shape index (κ2) is 9.36. The molecule has 2 unspecified atom stereocenters. The van der Waals surface area contributed by atoms with E-state index >= 15 is 0 Å². The van der Waals surface area contributed by atoms with Crippen LogP contribution in [0.15, 0.2) is 29.3 Å². The van der Waals surface area contributed by atoms with Crippen LogP contribution in [0.25, 0.3) is 0 Å². The van der Waals surface area contributed by atoms with Crippen LogP contribution < -0.4 is 5.32 Å². The van der Waals surface area contributed by atoms with Gasteiger partial charge in [-0.15, -0.1) is 0 Å². The molecular weight excluding hydrogens is 325 g/mol. The molecular formula is C18H26FN3O3. The average molecular weight is 351 g/mol. The van der Waals surface area contributed by atoms with Gasteiger partial charge in [0.2, 0.25) is 0 Å². The van der Waals surface area contributed by atoms with Crippen molar-refractivity contribution in [2.75, 3.05) is 33.3 Å². The molecule has 1 fully saturated rings. The SMILES string of the molecule is CCNC(=NCCC(=O)OC)N1CC(C)OC(c2ccc(F)cc2)C1. The molecule has 0 aromatic heterocycles. The number of hydrogen-bond donors (Lipinski definition) is 1. The molecule has 2 rings (SSSR count). The Hall–Kier alpha value is -2.15. The van der Waals surface area contributed by atoms with Crippen LogP contribution in [0.1, 0.15) is 31.9 Å². The van der Waals surface area contributed by atoms with Crippen molar-refractivity contribution in [3.63, 3.8) is 0 Å². The summed E-state index contributed by atoms with van der Waals surface area (Å²) in [7, 11) is 1.37. The molecule has 0 aliphatic carbocycles. The molecule has 1 aliphatic rings. The fourth-order valence-electron chi connectivity index (χ4n) is 2.77. The van der Waals surface area contributed by atoms with E-state index in [9.17, 15) is 9.18 Å². The molecule has 0 bridgehead atoms. The summed E-state index contributed by atoms with van der Waals surface area (Å²) in [5.41, 5.74) is 0.934. The Morgan fingerprint density at radius 3 is 2.76 bits per heavy atom. The number of halogens is 1. The summed E-state index contributed by atoms with van der Waals surface area (Å²) < 4.78 is 23.8. The molecule has 138 valence electrons. The van der Waals surface area contributed by atoms with E-state index in [-0.39, 0.29) is 30.4 Å². The third-order valence-corrected chi connectivity index (χ3v) is 3.94. The van der Waals surface area contributed by atoms with E-state index in [1.165, 1.54) is 19.2 Å². The maximum Gasteiger partial charge on any atom is 0.307 e. The maximum absolute atomic E-state index is 13.2. The van der Waals surface area contributed by atoms with Crippen LogP contribution in [0.5, 0.6) is 0 Å². The molecule has 1 heterocycles. The Morgan fingerprint density at radius 1 is 1.40 bits per heavy atom. The van der Waals surface area contributed by atoms with E-state index < -0.39 is 0 Å². The minimum atomic E-state index is -0.279. The molecule has 0 spiro atoms. The quantitative estimate of drug-likeness (QED) is 0.500. The largest absolute Gasteiger partial charge is 0.469 e. The van der Waals surface area contributed by atoms with Crippen molar-refractivity contribution in [2.45, 2.75) is 32.5 Å². The third-order valence-electron chi connectivity index (χ3n) is 3.94. The number of rotatable bonds is 5. The number of nitrogens with one attached hydrogen (secondary N) is 1. The lowest BCUT2D eigenvalue weighted by molar-refractivity contribution is -0.140. The summed E-state index contributed by atoms with van der Waals surface area (Å²) in [4.78, 5) is 17.9. The smallest absolute Gasteiger partial charge is 0.307 e. The summed E-state index contributed by atoms with van der Waals surface area (Å²) in [6.45, 7) is 6.39. The molecule has 0 amide bonds. The predicted molar refractivity (Wildman–Crippen MR) is 93.9 cm³/mol. The highest BCUT2D eigenvalue weighted by atomic mass is 19.1. The normalized spacial score (nSPS) is 21.1. The summed E-state index contributed by atoms with van der Waals surface area (Å²) in [5.74, 6) is 0.204. The van der Waals surface area contributed by atoms with Gasteiger partial charge >= 0.3 is 5.97 Å². The fourth-order valence-corrected chi connectivity index (χ4v) is 2.77. The highest BCUT2D eigenvalue weighted by Crippen LogP contribution is 2.25. The molecule has 2 atom stereocenters. The molecule has 1 saturated heterocycles. The molecule has 0 saturated carbocycles. The lowest BCUT2D eigenvalue weighted by Gasteiger charge is -2.38. The summed E-state index contributed by atoms with van der Waals surface area (Å²) in [5, 5.41) is 3.25. The Labute approximate surface area is 148 Å². The number of carbonyl (C=O) groups is 1. The van der Waals surface area contributed by atoms with Crippen LogP contribution >= 0.6 is 0 Å². The summed E-state index contributed by atoms with van der Waals surface area (Å²) >= 11 is 0. The Bertz CT molecular complexity index is 592. The first-order chi connectivity index (χ1) is 12.0. The molecule has 1 aromatic rings. The topological polar surface area (TPSA) is 63.2 Å². The number of esters is 1. The summed E-state index contributed by atoms with van der Waals surface area (Å²) in [6, 6.07) is 6.38. The van der Waals surface area contributed by atoms with Crippen molar-refractivity contribution >= 4 is 11.9 Å². The Morgan fingerprint density at radius 2 is 2.12 bits per heavy atom. The van der Waals surface area contributed by atoms with Gasteiger partial charge in [0.05, 0.1) is 32.7 Å². The first-order valence-electron chi connectivity index (χ1n) is 8.54. The van der Waals surface area contributed by atoms with Crippen LogP contribution in [0.4, 0.5) is 4.39 Å². The number of nitrogens with zero attached hydrogens (tertiary/aromatic N) is 2. The highest BCUT2D eigenvalue weighted by Gasteiger charge is 2.28. The van der Waals surface area contributed by atoms with Crippen LogP contribution in [0.2, 0.25) is 0 Å². The number of guanidine groups is 1. The number of morpholine rings is 1. The van der Waals surface area contributed by atoms with E-state index in [0.29, 0.717) is 19.6 Å². The minimum absolute atomic E-state index is 0.00765. The zero-order valence-electron chi connectivity index (χ0n) is 15.0. The van der Waals surface area contributed by atoms with Gasteiger partial charge in [-0.1, -0.05) is 12.1 Å². The number of carbonyl (C=O) groups excluding carboxylic acids is 1. The van der Waals surface area contributed by atoms with Crippen molar-refractivity contribution in [2.24, 2.45) is 4.99 Å². The van der Waals surface area contributed by atoms with Gasteiger partial charge in [0.25, 0.3) is 0 Å². The first-order valence-corrected chi connectivity index (χ1v) is 8.54. The number of benzene rings is 1. The molecule has 7 heteroatoms. The van der Waals surface area contributed by atoms with E-state index in [0.717, 1.165) is 18.1 Å². The van der Waals surface area contributed by atoms with E-state index in [1.807, 2.05) is 13.8 Å². The van der Waals surface area contributed by atoms with Gasteiger partial charge in [-0.25, -0.2) is 4.39 Å². The van der Waals surface area contributed by atoms with Gasteiger partial charge in [-0.2, -0.15) is 0 Å². The van der Waals surface area contributed by atoms with Gasteiger partial charge in [0.15, 0.2) is 5.96 Å². The highest BCUT2D eigenvalue weighted by molar-refractivity contribution is 5.80. The van der Waals surface area contributed by atoms with Crippen molar-refractivity contribution in [1.29, 1.82) is 0 Å². The molecule has 6 nitrogen and oxygen atoms in total. The monoisotopic (exact) mass is 351 g/mol. The van der Waals surface area contributed by atoms with Crippen LogP contribution in [-0.2, 0) is 14.3 Å². The molecule has 1 aromatic carbocycles. The van der Waals surface area contributed by atoms with Crippen molar-refractivity contribution in [1.82, 2.24) is 10.2 Å². The van der Waals surface area contributed by atoms with Crippen LogP contribution in [0.3, 0.4) is 0 Å². The average Bonchev–Trinajstić information content (AvgIpc) is 2.60. The zero-order valence-corrected chi connectivity index (χ0v) is 15.0. The third kappa shape index (κ3) is 5.70. The van der Waals surface area contributed by atoms with Gasteiger partial charge in [0.1, 0.15) is 11.9 Å². The van der Waals surface area contributed by atoms with Gasteiger partial charge in [-0.05, 0) is 31.5 Å². The zero-order chi connectivity index (χ0) is 18.2. The Kier molecular flexibility index (Phi) is 7.18. The van der Waals surface area contributed by atoms with E-state index in [4.69, 9.17) is 4.74 Å². The number of aliphatic imine (C=N–C) groups is 1. The minimum Gasteiger partial charge on any atom is -0.469 e. The number of hydrogen-bond acceptors (Lipinski definition) is 4. The number of methoxy groups -OCH3 is 1. The lowest BCUT2D eigenvalue weighted by atomic mass is 10.1. The first kappa shape index (κ1) is 19.2. The molecule has 1 aliphatic heterocycles. The standard InChI is InChI=1S/C18H26FN3O3/c1-4-20-18(21-10-9-17(23)24-3)22-11-13(2)25-16(12-22)14-5-7-15(19)8-6-14/h5-8,13,16H,4,9-12H2,1-3H3,(H,20,21). The molecule has 1 N–H and O–H groups in total. The second-order valence-electron chi connectivity index (χ2n) is 5.95. The molecule has 25 heavy (non-hydrogen) atoms. The van der Waals surface area contributed by atoms with E-state index in [2.05, 4.69) is 19.9 Å². The van der Waals surface area contributed by atoms with Gasteiger partial charge < -0.3 is 19.7 Å². The van der Waals surface area contributed by atoms with Gasteiger partial charge in [0, 0.05) is 13.1 Å². The van der Waals surface area contributed by atoms with Gasteiger partial charge in [-0.3, -0.25) is 9.79 Å². The number of ether oxygens (including phenoxy) is 2. The van der Waals surface area contributed by atoms with Crippen LogP contribution in [0, 0.1) is 5.82 Å². The summed E-state index contributed by atoms with van der Waals surface area (Å²) in [6.07, 6.45) is 0.0919. The predicted octanol–water partition coefficient (Wildman–Crippen LogP) is 2.12.